The van der Waals surface area contributed by atoms with E-state index >= 15 is 0 Å². The molecule has 0 aliphatic rings. The van der Waals surface area contributed by atoms with E-state index in [1.807, 2.05) is 11.9 Å². The second kappa shape index (κ2) is 6.86. The summed E-state index contributed by atoms with van der Waals surface area (Å²) in [5, 5.41) is 9.15. The van der Waals surface area contributed by atoms with E-state index in [2.05, 4.69) is 0 Å². The summed E-state index contributed by atoms with van der Waals surface area (Å²) in [5.74, 6) is -0.957. The molecule has 0 heterocycles. The number of anilines is 2. The topological polar surface area (TPSA) is 75.8 Å². The molecule has 0 amide bonds. The second-order valence-corrected chi connectivity index (χ2v) is 4.20. The van der Waals surface area contributed by atoms with Crippen molar-refractivity contribution in [1.29, 1.82) is 0 Å². The Hall–Kier alpha value is -1.75. The zero-order valence-electron chi connectivity index (χ0n) is 10.8. The molecule has 3 N–H and O–H groups in total. The molecular formula is C13H20N2O3. The molecule has 0 fully saturated rings. The molecule has 0 spiro atoms. The lowest BCUT2D eigenvalue weighted by Gasteiger charge is -2.21. The summed E-state index contributed by atoms with van der Waals surface area (Å²) < 4.78 is 4.98. The Balaban J connectivity index is 2.72. The first-order valence-electron chi connectivity index (χ1n) is 5.89. The minimum Gasteiger partial charge on any atom is -0.478 e. The van der Waals surface area contributed by atoms with Crippen molar-refractivity contribution in [2.75, 3.05) is 37.9 Å². The molecule has 100 valence electrons. The number of carboxylic acids is 1. The molecule has 0 aliphatic carbocycles. The monoisotopic (exact) mass is 252 g/mol. The van der Waals surface area contributed by atoms with Gasteiger partial charge in [-0.1, -0.05) is 0 Å². The van der Waals surface area contributed by atoms with E-state index in [4.69, 9.17) is 15.6 Å². The lowest BCUT2D eigenvalue weighted by molar-refractivity contribution is 0.0697. The van der Waals surface area contributed by atoms with E-state index in [1.54, 1.807) is 19.2 Å². The van der Waals surface area contributed by atoms with Crippen LogP contribution in [-0.4, -0.2) is 38.4 Å². The molecule has 1 rings (SSSR count). The van der Waals surface area contributed by atoms with Gasteiger partial charge in [-0.2, -0.15) is 0 Å². The second-order valence-electron chi connectivity index (χ2n) is 4.20. The molecule has 0 bridgehead atoms. The molecule has 0 radical (unpaired) electrons. The van der Waals surface area contributed by atoms with Gasteiger partial charge >= 0.3 is 5.97 Å². The van der Waals surface area contributed by atoms with Crippen LogP contribution in [0.15, 0.2) is 18.2 Å². The number of carboxylic acid groups (broad SMARTS) is 1. The summed E-state index contributed by atoms with van der Waals surface area (Å²) in [5.41, 5.74) is 7.00. The lowest BCUT2D eigenvalue weighted by Crippen LogP contribution is -2.21. The smallest absolute Gasteiger partial charge is 0.337 e. The number of unbranched alkanes of at least 4 members (excludes halogenated alkanes) is 1. The molecule has 5 heteroatoms. The molecular weight excluding hydrogens is 232 g/mol. The van der Waals surface area contributed by atoms with Crippen molar-refractivity contribution in [3.63, 3.8) is 0 Å². The molecule has 5 nitrogen and oxygen atoms in total. The maximum absolute atomic E-state index is 11.2. The molecule has 0 atom stereocenters. The van der Waals surface area contributed by atoms with Crippen LogP contribution in [0.1, 0.15) is 23.2 Å². The Morgan fingerprint density at radius 3 is 2.78 bits per heavy atom. The lowest BCUT2D eigenvalue weighted by atomic mass is 10.1. The van der Waals surface area contributed by atoms with E-state index in [0.717, 1.165) is 26.0 Å². The quantitative estimate of drug-likeness (QED) is 0.572. The predicted molar refractivity (Wildman–Crippen MR) is 72.2 cm³/mol. The third-order valence-electron chi connectivity index (χ3n) is 2.75. The van der Waals surface area contributed by atoms with Crippen molar-refractivity contribution >= 4 is 17.3 Å². The molecule has 0 aliphatic heterocycles. The van der Waals surface area contributed by atoms with Gasteiger partial charge < -0.3 is 20.5 Å². The summed E-state index contributed by atoms with van der Waals surface area (Å²) in [6, 6.07) is 4.95. The number of hydrogen-bond donors (Lipinski definition) is 2. The molecule has 18 heavy (non-hydrogen) atoms. The van der Waals surface area contributed by atoms with Gasteiger partial charge in [-0.25, -0.2) is 4.79 Å². The van der Waals surface area contributed by atoms with E-state index in [0.29, 0.717) is 11.4 Å². The normalized spacial score (nSPS) is 10.3. The van der Waals surface area contributed by atoms with Crippen molar-refractivity contribution in [2.24, 2.45) is 0 Å². The van der Waals surface area contributed by atoms with Crippen molar-refractivity contribution < 1.29 is 14.6 Å². The van der Waals surface area contributed by atoms with Crippen LogP contribution in [-0.2, 0) is 4.74 Å². The molecule has 0 aromatic heterocycles. The van der Waals surface area contributed by atoms with Gasteiger partial charge in [0.15, 0.2) is 0 Å². The van der Waals surface area contributed by atoms with Gasteiger partial charge in [0.25, 0.3) is 0 Å². The maximum Gasteiger partial charge on any atom is 0.337 e. The highest BCUT2D eigenvalue weighted by Gasteiger charge is 2.13. The number of ether oxygens (including phenoxy) is 1. The van der Waals surface area contributed by atoms with Gasteiger partial charge in [-0.05, 0) is 31.0 Å². The van der Waals surface area contributed by atoms with Crippen LogP contribution in [0.25, 0.3) is 0 Å². The van der Waals surface area contributed by atoms with Crippen LogP contribution in [0, 0.1) is 0 Å². The highest BCUT2D eigenvalue weighted by atomic mass is 16.5. The molecule has 0 saturated carbocycles. The fourth-order valence-electron chi connectivity index (χ4n) is 1.77. The van der Waals surface area contributed by atoms with Crippen molar-refractivity contribution in [3.8, 4) is 0 Å². The number of hydrogen-bond acceptors (Lipinski definition) is 4. The minimum absolute atomic E-state index is 0.240. The summed E-state index contributed by atoms with van der Waals surface area (Å²) in [6.45, 7) is 1.51. The summed E-state index contributed by atoms with van der Waals surface area (Å²) in [7, 11) is 3.55. The average Bonchev–Trinajstić information content (AvgIpc) is 2.34. The third kappa shape index (κ3) is 3.92. The van der Waals surface area contributed by atoms with Crippen LogP contribution in [0.2, 0.25) is 0 Å². The van der Waals surface area contributed by atoms with Crippen LogP contribution >= 0.6 is 0 Å². The number of rotatable bonds is 7. The first-order valence-corrected chi connectivity index (χ1v) is 5.89. The average molecular weight is 252 g/mol. The third-order valence-corrected chi connectivity index (χ3v) is 2.75. The SMILES string of the molecule is COCCCCN(C)c1ccc(N)cc1C(=O)O. The van der Waals surface area contributed by atoms with Crippen LogP contribution in [0.3, 0.4) is 0 Å². The van der Waals surface area contributed by atoms with Crippen LogP contribution < -0.4 is 10.6 Å². The zero-order chi connectivity index (χ0) is 13.5. The fraction of sp³-hybridized carbons (Fsp3) is 0.462. The number of aromatic carboxylic acids is 1. The number of nitrogen functional groups attached to an aromatic ring is 1. The Bertz CT molecular complexity index is 407. The maximum atomic E-state index is 11.2. The van der Waals surface area contributed by atoms with Gasteiger partial charge in [-0.3, -0.25) is 0 Å². The zero-order valence-corrected chi connectivity index (χ0v) is 10.8. The molecule has 0 unspecified atom stereocenters. The fourth-order valence-corrected chi connectivity index (χ4v) is 1.77. The van der Waals surface area contributed by atoms with Gasteiger partial charge in [0, 0.05) is 33.0 Å². The van der Waals surface area contributed by atoms with E-state index < -0.39 is 5.97 Å². The molecule has 0 saturated heterocycles. The summed E-state index contributed by atoms with van der Waals surface area (Å²) >= 11 is 0. The highest BCUT2D eigenvalue weighted by molar-refractivity contribution is 5.95. The Labute approximate surface area is 107 Å². The number of nitrogens with zero attached hydrogens (tertiary/aromatic N) is 1. The van der Waals surface area contributed by atoms with Crippen molar-refractivity contribution in [2.45, 2.75) is 12.8 Å². The number of benzene rings is 1. The summed E-state index contributed by atoms with van der Waals surface area (Å²) in [6.07, 6.45) is 1.91. The highest BCUT2D eigenvalue weighted by Crippen LogP contribution is 2.22. The van der Waals surface area contributed by atoms with Crippen molar-refractivity contribution in [1.82, 2.24) is 0 Å². The van der Waals surface area contributed by atoms with Gasteiger partial charge in [0.1, 0.15) is 0 Å². The number of nitrogens with two attached hydrogens (primary N) is 1. The van der Waals surface area contributed by atoms with Crippen molar-refractivity contribution in [3.05, 3.63) is 23.8 Å². The standard InChI is InChI=1S/C13H20N2O3/c1-15(7-3-4-8-18-2)12-6-5-10(14)9-11(12)13(16)17/h5-6,9H,3-4,7-8,14H2,1-2H3,(H,16,17). The van der Waals surface area contributed by atoms with Crippen LogP contribution in [0.5, 0.6) is 0 Å². The predicted octanol–water partition coefficient (Wildman–Crippen LogP) is 1.83. The molecule has 1 aromatic rings. The van der Waals surface area contributed by atoms with Gasteiger partial charge in [0.05, 0.1) is 11.3 Å². The largest absolute Gasteiger partial charge is 0.478 e. The molecule has 1 aromatic carbocycles. The van der Waals surface area contributed by atoms with E-state index in [9.17, 15) is 4.79 Å². The van der Waals surface area contributed by atoms with E-state index in [-0.39, 0.29) is 5.56 Å². The number of carbonyl (C=O) groups is 1. The minimum atomic E-state index is -0.957. The van der Waals surface area contributed by atoms with E-state index in [1.165, 1.54) is 6.07 Å². The Kier molecular flexibility index (Phi) is 5.45. The first-order chi connectivity index (χ1) is 8.56. The van der Waals surface area contributed by atoms with Gasteiger partial charge in [-0.15, -0.1) is 0 Å². The number of methoxy groups -OCH3 is 1. The Morgan fingerprint density at radius 2 is 2.17 bits per heavy atom. The van der Waals surface area contributed by atoms with Gasteiger partial charge in [0.2, 0.25) is 0 Å². The van der Waals surface area contributed by atoms with Crippen LogP contribution in [0.4, 0.5) is 11.4 Å². The Morgan fingerprint density at radius 1 is 1.44 bits per heavy atom. The first kappa shape index (κ1) is 14.3. The summed E-state index contributed by atoms with van der Waals surface area (Å²) in [4.78, 5) is 13.1.